The quantitative estimate of drug-likeness (QED) is 0.871. The first-order valence-electron chi connectivity index (χ1n) is 7.36. The highest BCUT2D eigenvalue weighted by Crippen LogP contribution is 2.38. The summed E-state index contributed by atoms with van der Waals surface area (Å²) in [5, 5.41) is 3.50. The lowest BCUT2D eigenvalue weighted by Gasteiger charge is -2.12. The molecule has 0 aromatic carbocycles. The summed E-state index contributed by atoms with van der Waals surface area (Å²) in [5.74, 6) is -0.520. The summed E-state index contributed by atoms with van der Waals surface area (Å²) in [6.45, 7) is 0.628. The number of esters is 1. The van der Waals surface area contributed by atoms with Gasteiger partial charge in [-0.1, -0.05) is 0 Å². The van der Waals surface area contributed by atoms with E-state index in [0.717, 1.165) is 44.1 Å². The van der Waals surface area contributed by atoms with E-state index in [1.54, 1.807) is 0 Å². The molecule has 0 radical (unpaired) electrons. The number of fused-ring (bicyclic) bond motifs is 1. The third kappa shape index (κ3) is 2.82. The largest absolute Gasteiger partial charge is 0.465 e. The van der Waals surface area contributed by atoms with Crippen LogP contribution in [0.4, 0.5) is 5.00 Å². The maximum Gasteiger partial charge on any atom is 0.341 e. The Kier molecular flexibility index (Phi) is 4.26. The number of rotatable bonds is 3. The van der Waals surface area contributed by atoms with Crippen molar-refractivity contribution in [3.63, 3.8) is 0 Å². The predicted octanol–water partition coefficient (Wildman–Crippen LogP) is 2.53. The molecule has 1 aliphatic heterocycles. The third-order valence-corrected chi connectivity index (χ3v) is 5.23. The van der Waals surface area contributed by atoms with Gasteiger partial charge in [-0.3, -0.25) is 4.79 Å². The fourth-order valence-corrected chi connectivity index (χ4v) is 4.23. The lowest BCUT2D eigenvalue weighted by atomic mass is 9.95. The summed E-state index contributed by atoms with van der Waals surface area (Å²) in [6.07, 6.45) is 5.31. The first-order chi connectivity index (χ1) is 10.2. The molecule has 0 unspecified atom stereocenters. The number of hydrogen-bond donors (Lipinski definition) is 1. The van der Waals surface area contributed by atoms with E-state index in [0.29, 0.717) is 17.2 Å². The van der Waals surface area contributed by atoms with Crippen LogP contribution in [0.2, 0.25) is 0 Å². The Balaban J connectivity index is 1.88. The zero-order valence-corrected chi connectivity index (χ0v) is 12.9. The Hall–Kier alpha value is -1.40. The summed E-state index contributed by atoms with van der Waals surface area (Å²) in [7, 11) is 1.38. The molecule has 2 aliphatic rings. The van der Waals surface area contributed by atoms with Crippen LogP contribution >= 0.6 is 11.3 Å². The molecule has 1 saturated heterocycles. The molecule has 0 spiro atoms. The SMILES string of the molecule is COC(=O)c1c(NC(=O)[C@H]2CCCO2)sc2c1CCCC2. The Labute approximate surface area is 127 Å². The van der Waals surface area contributed by atoms with Crippen molar-refractivity contribution in [3.05, 3.63) is 16.0 Å². The number of thiophene rings is 1. The number of amides is 1. The van der Waals surface area contributed by atoms with Crippen LogP contribution in [0.15, 0.2) is 0 Å². The van der Waals surface area contributed by atoms with Crippen molar-refractivity contribution in [2.45, 2.75) is 44.6 Å². The number of aryl methyl sites for hydroxylation is 1. The van der Waals surface area contributed by atoms with Gasteiger partial charge in [-0.25, -0.2) is 4.79 Å². The summed E-state index contributed by atoms with van der Waals surface area (Å²) in [6, 6.07) is 0. The molecule has 0 saturated carbocycles. The van der Waals surface area contributed by atoms with Crippen LogP contribution < -0.4 is 5.32 Å². The van der Waals surface area contributed by atoms with Crippen LogP contribution in [-0.2, 0) is 27.1 Å². The maximum absolute atomic E-state index is 12.2. The van der Waals surface area contributed by atoms with Crippen LogP contribution in [0.5, 0.6) is 0 Å². The van der Waals surface area contributed by atoms with Crippen LogP contribution in [-0.4, -0.2) is 31.7 Å². The molecule has 1 aromatic rings. The summed E-state index contributed by atoms with van der Waals surface area (Å²) in [4.78, 5) is 25.5. The normalized spacial score (nSPS) is 20.9. The van der Waals surface area contributed by atoms with Crippen molar-refractivity contribution in [2.75, 3.05) is 19.0 Å². The number of ether oxygens (including phenoxy) is 2. The number of anilines is 1. The average Bonchev–Trinajstić information content (AvgIpc) is 3.13. The molecule has 1 N–H and O–H groups in total. The Morgan fingerprint density at radius 2 is 2.10 bits per heavy atom. The van der Waals surface area contributed by atoms with Crippen molar-refractivity contribution in [3.8, 4) is 0 Å². The fourth-order valence-electron chi connectivity index (χ4n) is 2.95. The van der Waals surface area contributed by atoms with Crippen molar-refractivity contribution < 1.29 is 19.1 Å². The topological polar surface area (TPSA) is 64.6 Å². The van der Waals surface area contributed by atoms with Gasteiger partial charge >= 0.3 is 5.97 Å². The molecular formula is C15H19NO4S. The lowest BCUT2D eigenvalue weighted by Crippen LogP contribution is -2.27. The van der Waals surface area contributed by atoms with Gasteiger partial charge < -0.3 is 14.8 Å². The minimum absolute atomic E-state index is 0.156. The molecule has 2 heterocycles. The van der Waals surface area contributed by atoms with E-state index < -0.39 is 6.10 Å². The van der Waals surface area contributed by atoms with Gasteiger partial charge in [0.25, 0.3) is 5.91 Å². The van der Waals surface area contributed by atoms with E-state index in [4.69, 9.17) is 9.47 Å². The Morgan fingerprint density at radius 1 is 1.29 bits per heavy atom. The predicted molar refractivity (Wildman–Crippen MR) is 79.9 cm³/mol. The smallest absolute Gasteiger partial charge is 0.341 e. The van der Waals surface area contributed by atoms with Gasteiger partial charge in [-0.2, -0.15) is 0 Å². The van der Waals surface area contributed by atoms with E-state index in [2.05, 4.69) is 5.32 Å². The monoisotopic (exact) mass is 309 g/mol. The highest BCUT2D eigenvalue weighted by molar-refractivity contribution is 7.17. The third-order valence-electron chi connectivity index (χ3n) is 4.02. The molecule has 1 amide bonds. The summed E-state index contributed by atoms with van der Waals surface area (Å²) >= 11 is 1.50. The number of hydrogen-bond acceptors (Lipinski definition) is 5. The lowest BCUT2D eigenvalue weighted by molar-refractivity contribution is -0.124. The van der Waals surface area contributed by atoms with E-state index >= 15 is 0 Å². The molecule has 0 bridgehead atoms. The Morgan fingerprint density at radius 3 is 2.81 bits per heavy atom. The zero-order chi connectivity index (χ0) is 14.8. The number of carbonyl (C=O) groups is 2. The molecule has 1 aliphatic carbocycles. The second-order valence-corrected chi connectivity index (χ2v) is 6.50. The maximum atomic E-state index is 12.2. The van der Waals surface area contributed by atoms with Crippen molar-refractivity contribution in [2.24, 2.45) is 0 Å². The summed E-state index contributed by atoms with van der Waals surface area (Å²) in [5.41, 5.74) is 1.60. The van der Waals surface area contributed by atoms with E-state index in [9.17, 15) is 9.59 Å². The molecule has 21 heavy (non-hydrogen) atoms. The Bertz CT molecular complexity index is 560. The molecule has 114 valence electrons. The van der Waals surface area contributed by atoms with Gasteiger partial charge in [-0.15, -0.1) is 11.3 Å². The molecule has 1 atom stereocenters. The zero-order valence-electron chi connectivity index (χ0n) is 12.1. The minimum atomic E-state index is -0.394. The standard InChI is InChI=1S/C15H19NO4S/c1-19-15(18)12-9-5-2-3-7-11(9)21-14(12)16-13(17)10-6-4-8-20-10/h10H,2-8H2,1H3,(H,16,17)/t10-/m1/s1. The van der Waals surface area contributed by atoms with Crippen LogP contribution in [0.25, 0.3) is 0 Å². The van der Waals surface area contributed by atoms with Gasteiger partial charge in [0.1, 0.15) is 11.1 Å². The van der Waals surface area contributed by atoms with E-state index in [1.165, 1.54) is 23.3 Å². The van der Waals surface area contributed by atoms with Crippen LogP contribution in [0.1, 0.15) is 46.5 Å². The van der Waals surface area contributed by atoms with Gasteiger partial charge in [0.2, 0.25) is 0 Å². The van der Waals surface area contributed by atoms with Gasteiger partial charge in [0, 0.05) is 11.5 Å². The second-order valence-electron chi connectivity index (χ2n) is 5.40. The van der Waals surface area contributed by atoms with Gasteiger partial charge in [0.05, 0.1) is 12.7 Å². The molecule has 1 fully saturated rings. The highest BCUT2D eigenvalue weighted by atomic mass is 32.1. The molecule has 3 rings (SSSR count). The van der Waals surface area contributed by atoms with Crippen LogP contribution in [0, 0.1) is 0 Å². The number of carbonyl (C=O) groups excluding carboxylic acids is 2. The van der Waals surface area contributed by atoms with Crippen molar-refractivity contribution >= 4 is 28.2 Å². The summed E-state index contributed by atoms with van der Waals surface area (Å²) < 4.78 is 10.3. The van der Waals surface area contributed by atoms with Gasteiger partial charge in [-0.05, 0) is 44.1 Å². The van der Waals surface area contributed by atoms with Gasteiger partial charge in [0.15, 0.2) is 0 Å². The van der Waals surface area contributed by atoms with Crippen molar-refractivity contribution in [1.29, 1.82) is 0 Å². The molecular weight excluding hydrogens is 290 g/mol. The first kappa shape index (κ1) is 14.5. The highest BCUT2D eigenvalue weighted by Gasteiger charge is 2.29. The van der Waals surface area contributed by atoms with Crippen molar-refractivity contribution in [1.82, 2.24) is 0 Å². The van der Waals surface area contributed by atoms with E-state index in [1.807, 2.05) is 0 Å². The second kappa shape index (κ2) is 6.15. The number of methoxy groups -OCH3 is 1. The fraction of sp³-hybridized carbons (Fsp3) is 0.600. The molecule has 1 aromatic heterocycles. The van der Waals surface area contributed by atoms with E-state index in [-0.39, 0.29) is 11.9 Å². The number of nitrogens with one attached hydrogen (secondary N) is 1. The molecule has 6 heteroatoms. The minimum Gasteiger partial charge on any atom is -0.465 e. The van der Waals surface area contributed by atoms with Crippen LogP contribution in [0.3, 0.4) is 0 Å². The molecule has 5 nitrogen and oxygen atoms in total. The first-order valence-corrected chi connectivity index (χ1v) is 8.17. The average molecular weight is 309 g/mol.